The van der Waals surface area contributed by atoms with Gasteiger partial charge in [-0.3, -0.25) is 9.59 Å². The lowest BCUT2D eigenvalue weighted by atomic mass is 10.1. The van der Waals surface area contributed by atoms with E-state index in [-0.39, 0.29) is 16.4 Å². The number of benzene rings is 3. The molecule has 0 unspecified atom stereocenters. The van der Waals surface area contributed by atoms with Crippen molar-refractivity contribution in [2.24, 2.45) is 0 Å². The summed E-state index contributed by atoms with van der Waals surface area (Å²) in [6, 6.07) is 16.2. The van der Waals surface area contributed by atoms with Crippen LogP contribution in [0.15, 0.2) is 70.5 Å². The third-order valence-electron chi connectivity index (χ3n) is 4.68. The quantitative estimate of drug-likeness (QED) is 0.460. The number of carbonyl (C=O) groups excluding carboxylic acids is 2. The number of halogens is 1. The largest absolute Gasteiger partial charge is 0.322 e. The Morgan fingerprint density at radius 1 is 0.938 bits per heavy atom. The number of carbonyl (C=O) groups is 2. The molecular formula is C23H21ClN2O4S2. The fourth-order valence-corrected chi connectivity index (χ4v) is 4.26. The van der Waals surface area contributed by atoms with Gasteiger partial charge in [0.25, 0.3) is 11.8 Å². The third kappa shape index (κ3) is 5.70. The zero-order valence-electron chi connectivity index (χ0n) is 17.6. The highest BCUT2D eigenvalue weighted by Crippen LogP contribution is 2.25. The first kappa shape index (κ1) is 23.8. The summed E-state index contributed by atoms with van der Waals surface area (Å²) >= 11 is 7.68. The van der Waals surface area contributed by atoms with E-state index in [2.05, 4.69) is 10.6 Å². The van der Waals surface area contributed by atoms with Crippen molar-refractivity contribution in [3.63, 3.8) is 0 Å². The molecule has 0 aliphatic rings. The van der Waals surface area contributed by atoms with Gasteiger partial charge < -0.3 is 10.6 Å². The minimum atomic E-state index is -3.42. The van der Waals surface area contributed by atoms with Crippen molar-refractivity contribution < 1.29 is 18.0 Å². The molecule has 2 amide bonds. The molecule has 3 rings (SSSR count). The second-order valence-electron chi connectivity index (χ2n) is 7.08. The Kier molecular flexibility index (Phi) is 7.28. The predicted molar refractivity (Wildman–Crippen MR) is 130 cm³/mol. The summed E-state index contributed by atoms with van der Waals surface area (Å²) in [4.78, 5) is 26.2. The smallest absolute Gasteiger partial charge is 0.257 e. The lowest BCUT2D eigenvalue weighted by Crippen LogP contribution is -2.15. The van der Waals surface area contributed by atoms with Gasteiger partial charge in [-0.1, -0.05) is 17.7 Å². The van der Waals surface area contributed by atoms with E-state index in [1.807, 2.05) is 12.3 Å². The summed E-state index contributed by atoms with van der Waals surface area (Å²) in [6.45, 7) is 1.79. The monoisotopic (exact) mass is 488 g/mol. The van der Waals surface area contributed by atoms with Crippen molar-refractivity contribution in [2.75, 3.05) is 23.1 Å². The van der Waals surface area contributed by atoms with Crippen LogP contribution >= 0.6 is 23.4 Å². The van der Waals surface area contributed by atoms with Gasteiger partial charge in [-0.05, 0) is 73.3 Å². The van der Waals surface area contributed by atoms with Gasteiger partial charge in [0, 0.05) is 28.1 Å². The summed E-state index contributed by atoms with van der Waals surface area (Å²) in [5.41, 5.74) is 2.42. The van der Waals surface area contributed by atoms with Crippen LogP contribution in [-0.4, -0.2) is 32.7 Å². The van der Waals surface area contributed by atoms with Gasteiger partial charge in [-0.2, -0.15) is 0 Å². The molecule has 0 spiro atoms. The van der Waals surface area contributed by atoms with Crippen molar-refractivity contribution in [2.45, 2.75) is 16.7 Å². The standard InChI is InChI=1S/C23H21ClN2O4S2/c1-14-11-16(25-23(28)19-13-17(31-2)8-9-20(19)24)7-10-21(14)26-22(27)15-5-4-6-18(12-15)32(3,29)30/h4-13H,1-3H3,(H,25,28)(H,26,27). The van der Waals surface area contributed by atoms with E-state index in [0.717, 1.165) is 16.7 Å². The van der Waals surface area contributed by atoms with E-state index in [4.69, 9.17) is 11.6 Å². The van der Waals surface area contributed by atoms with Crippen molar-refractivity contribution in [3.05, 3.63) is 82.4 Å². The number of nitrogens with one attached hydrogen (secondary N) is 2. The summed E-state index contributed by atoms with van der Waals surface area (Å²) in [5, 5.41) is 5.95. The van der Waals surface area contributed by atoms with Crippen molar-refractivity contribution in [3.8, 4) is 0 Å². The van der Waals surface area contributed by atoms with Crippen LogP contribution in [0.1, 0.15) is 26.3 Å². The van der Waals surface area contributed by atoms with Crippen LogP contribution in [0.25, 0.3) is 0 Å². The fraction of sp³-hybridized carbons (Fsp3) is 0.130. The van der Waals surface area contributed by atoms with E-state index >= 15 is 0 Å². The first-order chi connectivity index (χ1) is 15.1. The third-order valence-corrected chi connectivity index (χ3v) is 6.84. The maximum absolute atomic E-state index is 12.7. The topological polar surface area (TPSA) is 92.3 Å². The molecule has 3 aromatic carbocycles. The van der Waals surface area contributed by atoms with E-state index in [9.17, 15) is 18.0 Å². The van der Waals surface area contributed by atoms with E-state index in [0.29, 0.717) is 22.0 Å². The molecule has 0 bridgehead atoms. The van der Waals surface area contributed by atoms with Crippen LogP contribution in [0.2, 0.25) is 5.02 Å². The van der Waals surface area contributed by atoms with Gasteiger partial charge in [-0.25, -0.2) is 8.42 Å². The van der Waals surface area contributed by atoms with Crippen LogP contribution in [0.4, 0.5) is 11.4 Å². The Bertz CT molecular complexity index is 1310. The van der Waals surface area contributed by atoms with Gasteiger partial charge in [0.2, 0.25) is 0 Å². The number of aryl methyl sites for hydroxylation is 1. The van der Waals surface area contributed by atoms with E-state index in [1.54, 1.807) is 43.3 Å². The molecule has 2 N–H and O–H groups in total. The second kappa shape index (κ2) is 9.77. The van der Waals surface area contributed by atoms with Crippen molar-refractivity contribution in [1.29, 1.82) is 0 Å². The molecular weight excluding hydrogens is 468 g/mol. The Morgan fingerprint density at radius 2 is 1.69 bits per heavy atom. The molecule has 9 heteroatoms. The first-order valence-electron chi connectivity index (χ1n) is 9.45. The molecule has 6 nitrogen and oxygen atoms in total. The van der Waals surface area contributed by atoms with Gasteiger partial charge in [0.1, 0.15) is 0 Å². The summed E-state index contributed by atoms with van der Waals surface area (Å²) in [5.74, 6) is -0.768. The van der Waals surface area contributed by atoms with Crippen LogP contribution in [0, 0.1) is 6.92 Å². The van der Waals surface area contributed by atoms with Gasteiger partial charge >= 0.3 is 0 Å². The molecule has 0 saturated heterocycles. The summed E-state index contributed by atoms with van der Waals surface area (Å²) < 4.78 is 23.5. The van der Waals surface area contributed by atoms with Crippen molar-refractivity contribution >= 4 is 56.4 Å². The molecule has 0 aromatic heterocycles. The van der Waals surface area contributed by atoms with E-state index in [1.165, 1.54) is 30.0 Å². The average molecular weight is 489 g/mol. The Labute approximate surface area is 196 Å². The SMILES string of the molecule is CSc1ccc(Cl)c(C(=O)Nc2ccc(NC(=O)c3cccc(S(C)(=O)=O)c3)c(C)c2)c1. The number of rotatable bonds is 6. The Balaban J connectivity index is 1.76. The predicted octanol–water partition coefficient (Wildman–Crippen LogP) is 5.28. The summed E-state index contributed by atoms with van der Waals surface area (Å²) in [6.07, 6.45) is 3.00. The number of sulfone groups is 1. The molecule has 0 aliphatic carbocycles. The molecule has 0 aliphatic heterocycles. The summed E-state index contributed by atoms with van der Waals surface area (Å²) in [7, 11) is -3.42. The van der Waals surface area contributed by atoms with Crippen LogP contribution in [-0.2, 0) is 9.84 Å². The maximum Gasteiger partial charge on any atom is 0.257 e. The molecule has 3 aromatic rings. The minimum Gasteiger partial charge on any atom is -0.322 e. The van der Waals surface area contributed by atoms with Crippen LogP contribution in [0.3, 0.4) is 0 Å². The lowest BCUT2D eigenvalue weighted by molar-refractivity contribution is 0.101. The van der Waals surface area contributed by atoms with Crippen LogP contribution < -0.4 is 10.6 Å². The average Bonchev–Trinajstić information content (AvgIpc) is 2.75. The zero-order chi connectivity index (χ0) is 23.5. The highest BCUT2D eigenvalue weighted by atomic mass is 35.5. The molecule has 0 atom stereocenters. The highest BCUT2D eigenvalue weighted by molar-refractivity contribution is 7.98. The normalized spacial score (nSPS) is 11.1. The highest BCUT2D eigenvalue weighted by Gasteiger charge is 2.15. The fourth-order valence-electron chi connectivity index (χ4n) is 2.95. The number of anilines is 2. The Hall–Kier alpha value is -2.81. The first-order valence-corrected chi connectivity index (χ1v) is 12.9. The number of hydrogen-bond acceptors (Lipinski definition) is 5. The molecule has 166 valence electrons. The number of hydrogen-bond donors (Lipinski definition) is 2. The minimum absolute atomic E-state index is 0.0733. The lowest BCUT2D eigenvalue weighted by Gasteiger charge is -2.12. The van der Waals surface area contributed by atoms with Gasteiger partial charge in [-0.15, -0.1) is 11.8 Å². The molecule has 0 saturated carbocycles. The molecule has 32 heavy (non-hydrogen) atoms. The molecule has 0 radical (unpaired) electrons. The molecule has 0 heterocycles. The zero-order valence-corrected chi connectivity index (χ0v) is 20.0. The van der Waals surface area contributed by atoms with Crippen molar-refractivity contribution in [1.82, 2.24) is 0 Å². The van der Waals surface area contributed by atoms with Gasteiger partial charge in [0.15, 0.2) is 9.84 Å². The number of thioether (sulfide) groups is 1. The van der Waals surface area contributed by atoms with Crippen LogP contribution in [0.5, 0.6) is 0 Å². The second-order valence-corrected chi connectivity index (χ2v) is 10.4. The maximum atomic E-state index is 12.7. The molecule has 0 fully saturated rings. The Morgan fingerprint density at radius 3 is 2.34 bits per heavy atom. The van der Waals surface area contributed by atoms with E-state index < -0.39 is 15.7 Å². The van der Waals surface area contributed by atoms with Gasteiger partial charge in [0.05, 0.1) is 15.5 Å². The number of amides is 2.